The molecule has 146 valence electrons. The lowest BCUT2D eigenvalue weighted by molar-refractivity contribution is -0.435. The predicted octanol–water partition coefficient (Wildman–Crippen LogP) is 6.75. The van der Waals surface area contributed by atoms with Gasteiger partial charge in [-0.05, 0) is 29.8 Å². The van der Waals surface area contributed by atoms with Gasteiger partial charge in [0.05, 0.1) is 13.2 Å². The molecule has 0 N–H and O–H groups in total. The normalized spacial score (nSPS) is 11.4. The lowest BCUT2D eigenvalue weighted by atomic mass is 10.2. The Morgan fingerprint density at radius 1 is 0.815 bits per heavy atom. The number of unbranched alkanes of at least 4 members (excludes halogenated alkanes) is 4. The molecular weight excluding hydrogens is 340 g/mol. The summed E-state index contributed by atoms with van der Waals surface area (Å²) in [5.74, 6) is 1.19. The summed E-state index contributed by atoms with van der Waals surface area (Å²) in [6.07, 6.45) is 6.44. The molecule has 0 aliphatic carbocycles. The van der Waals surface area contributed by atoms with Crippen LogP contribution in [0.3, 0.4) is 0 Å². The van der Waals surface area contributed by atoms with Gasteiger partial charge in [0.2, 0.25) is 5.69 Å². The molecule has 2 rings (SSSR count). The molecule has 0 atom stereocenters. The Bertz CT molecular complexity index is 702. The zero-order chi connectivity index (χ0) is 19.3. The van der Waals surface area contributed by atoms with Gasteiger partial charge in [-0.2, -0.15) is 0 Å². The summed E-state index contributed by atoms with van der Waals surface area (Å²) < 4.78 is 11.9. The molecule has 0 radical (unpaired) electrons. The summed E-state index contributed by atoms with van der Waals surface area (Å²) in [5, 5.41) is 16.6. The monoisotopic (exact) mass is 370 g/mol. The van der Waals surface area contributed by atoms with Crippen molar-refractivity contribution in [2.24, 2.45) is 5.11 Å². The molecule has 0 saturated carbocycles. The van der Waals surface area contributed by atoms with Gasteiger partial charge in [-0.1, -0.05) is 63.8 Å². The molecule has 27 heavy (non-hydrogen) atoms. The van der Waals surface area contributed by atoms with Crippen LogP contribution in [0.1, 0.15) is 52.4 Å². The van der Waals surface area contributed by atoms with Crippen LogP contribution in [0, 0.1) is 5.21 Å². The van der Waals surface area contributed by atoms with Crippen molar-refractivity contribution < 1.29 is 14.3 Å². The maximum atomic E-state index is 12.4. The van der Waals surface area contributed by atoms with Crippen LogP contribution in [-0.2, 0) is 0 Å². The van der Waals surface area contributed by atoms with E-state index in [4.69, 9.17) is 9.47 Å². The van der Waals surface area contributed by atoms with Crippen molar-refractivity contribution in [2.45, 2.75) is 52.4 Å². The number of nitrogens with zero attached hydrogens (tertiary/aromatic N) is 2. The molecule has 0 unspecified atom stereocenters. The van der Waals surface area contributed by atoms with E-state index >= 15 is 0 Å². The molecule has 0 aliphatic rings. The zero-order valence-corrected chi connectivity index (χ0v) is 16.4. The van der Waals surface area contributed by atoms with Crippen molar-refractivity contribution in [1.29, 1.82) is 0 Å². The summed E-state index contributed by atoms with van der Waals surface area (Å²) in [6, 6.07) is 14.4. The van der Waals surface area contributed by atoms with Crippen LogP contribution in [0.25, 0.3) is 0 Å². The molecule has 0 bridgehead atoms. The summed E-state index contributed by atoms with van der Waals surface area (Å²) in [4.78, 5) is 0.620. The Hall–Kier alpha value is -2.56. The minimum atomic E-state index is 0.476. The average molecular weight is 370 g/mol. The predicted molar refractivity (Wildman–Crippen MR) is 108 cm³/mol. The van der Waals surface area contributed by atoms with Crippen LogP contribution in [0.5, 0.6) is 11.5 Å². The first-order valence-electron chi connectivity index (χ1n) is 9.88. The highest BCUT2D eigenvalue weighted by molar-refractivity contribution is 5.59. The molecule has 0 aromatic heterocycles. The topological polar surface area (TPSA) is 56.9 Å². The molecule has 2 aromatic rings. The third kappa shape index (κ3) is 6.93. The van der Waals surface area contributed by atoms with Crippen LogP contribution in [0.2, 0.25) is 0 Å². The molecule has 0 amide bonds. The number of benzene rings is 2. The number of hydrogen-bond acceptors (Lipinski definition) is 4. The number of rotatable bonds is 12. The lowest BCUT2D eigenvalue weighted by Gasteiger charge is -2.14. The van der Waals surface area contributed by atoms with Crippen LogP contribution in [0.4, 0.5) is 11.4 Å². The van der Waals surface area contributed by atoms with E-state index in [0.717, 1.165) is 38.5 Å². The van der Waals surface area contributed by atoms with E-state index < -0.39 is 0 Å². The second-order valence-electron chi connectivity index (χ2n) is 6.42. The summed E-state index contributed by atoms with van der Waals surface area (Å²) in [5.41, 5.74) is 0.960. The van der Waals surface area contributed by atoms with Gasteiger partial charge in [0.25, 0.3) is 0 Å². The Morgan fingerprint density at radius 3 is 2.15 bits per heavy atom. The van der Waals surface area contributed by atoms with Gasteiger partial charge in [0.15, 0.2) is 17.2 Å². The van der Waals surface area contributed by atoms with Gasteiger partial charge in [0.1, 0.15) is 0 Å². The molecule has 0 spiro atoms. The Labute approximate surface area is 162 Å². The standard InChI is InChI=1S/C22H30N2O3/c1-3-5-10-17-26-21-16-12-15-20(22(21)27-18-11-6-4-2)23-24(25)19-13-8-7-9-14-19/h7-9,12-16H,3-6,10-11,17-18H2,1-2H3. The maximum absolute atomic E-state index is 12.4. The van der Waals surface area contributed by atoms with Crippen molar-refractivity contribution in [2.75, 3.05) is 13.2 Å². The summed E-state index contributed by atoms with van der Waals surface area (Å²) in [6.45, 7) is 5.52. The minimum absolute atomic E-state index is 0.476. The maximum Gasteiger partial charge on any atom is 0.244 e. The smallest absolute Gasteiger partial charge is 0.244 e. The highest BCUT2D eigenvalue weighted by Gasteiger charge is 2.15. The van der Waals surface area contributed by atoms with Crippen LogP contribution in [-0.4, -0.2) is 18.1 Å². The van der Waals surface area contributed by atoms with Crippen LogP contribution in [0.15, 0.2) is 53.6 Å². The highest BCUT2D eigenvalue weighted by Crippen LogP contribution is 2.38. The van der Waals surface area contributed by atoms with E-state index in [1.165, 1.54) is 0 Å². The second kappa shape index (κ2) is 11.9. The van der Waals surface area contributed by atoms with Crippen LogP contribution < -0.4 is 9.47 Å². The Balaban J connectivity index is 2.22. The third-order valence-electron chi connectivity index (χ3n) is 4.13. The fourth-order valence-corrected chi connectivity index (χ4v) is 2.61. The van der Waals surface area contributed by atoms with E-state index in [2.05, 4.69) is 19.0 Å². The quantitative estimate of drug-likeness (QED) is 0.180. The molecule has 0 aliphatic heterocycles. The fraction of sp³-hybridized carbons (Fsp3) is 0.455. The first-order valence-corrected chi connectivity index (χ1v) is 9.88. The number of hydrogen-bond donors (Lipinski definition) is 0. The van der Waals surface area contributed by atoms with Gasteiger partial charge < -0.3 is 14.7 Å². The third-order valence-corrected chi connectivity index (χ3v) is 4.13. The van der Waals surface area contributed by atoms with E-state index in [1.54, 1.807) is 18.2 Å². The SMILES string of the molecule is CCCCCOc1cccc(N=[N+]([O-])c2ccccc2)c1OCCCCC. The van der Waals surface area contributed by atoms with Gasteiger partial charge in [-0.25, -0.2) is 0 Å². The number of azo groups is 1. The lowest BCUT2D eigenvalue weighted by Crippen LogP contribution is -2.03. The summed E-state index contributed by atoms with van der Waals surface area (Å²) in [7, 11) is 0. The molecule has 0 saturated heterocycles. The van der Waals surface area contributed by atoms with E-state index in [9.17, 15) is 5.21 Å². The average Bonchev–Trinajstić information content (AvgIpc) is 2.70. The van der Waals surface area contributed by atoms with Crippen molar-refractivity contribution in [3.05, 3.63) is 53.7 Å². The van der Waals surface area contributed by atoms with Gasteiger partial charge in [-0.15, -0.1) is 0 Å². The minimum Gasteiger partial charge on any atom is -0.594 e. The van der Waals surface area contributed by atoms with Crippen molar-refractivity contribution in [3.8, 4) is 11.5 Å². The van der Waals surface area contributed by atoms with Gasteiger partial charge in [-0.3, -0.25) is 0 Å². The van der Waals surface area contributed by atoms with E-state index in [0.29, 0.717) is 40.9 Å². The van der Waals surface area contributed by atoms with E-state index in [1.807, 2.05) is 30.3 Å². The summed E-state index contributed by atoms with van der Waals surface area (Å²) >= 11 is 0. The first-order chi connectivity index (χ1) is 13.3. The van der Waals surface area contributed by atoms with E-state index in [-0.39, 0.29) is 0 Å². The molecule has 0 heterocycles. The van der Waals surface area contributed by atoms with Gasteiger partial charge in [0, 0.05) is 17.2 Å². The van der Waals surface area contributed by atoms with Crippen molar-refractivity contribution >= 4 is 11.4 Å². The van der Waals surface area contributed by atoms with Crippen LogP contribution >= 0.6 is 0 Å². The Kier molecular flexibility index (Phi) is 9.18. The molecular formula is C22H30N2O3. The molecule has 0 fully saturated rings. The van der Waals surface area contributed by atoms with Crippen molar-refractivity contribution in [1.82, 2.24) is 0 Å². The number of para-hydroxylation sites is 2. The fourth-order valence-electron chi connectivity index (χ4n) is 2.61. The molecule has 5 heteroatoms. The first kappa shape index (κ1) is 20.7. The largest absolute Gasteiger partial charge is 0.594 e. The Morgan fingerprint density at radius 2 is 1.48 bits per heavy atom. The number of ether oxygens (including phenoxy) is 2. The molecule has 2 aromatic carbocycles. The highest BCUT2D eigenvalue weighted by atomic mass is 16.5. The molecule has 5 nitrogen and oxygen atoms in total. The van der Waals surface area contributed by atoms with Crippen molar-refractivity contribution in [3.63, 3.8) is 0 Å². The second-order valence-corrected chi connectivity index (χ2v) is 6.42. The zero-order valence-electron chi connectivity index (χ0n) is 16.4. The van der Waals surface area contributed by atoms with Gasteiger partial charge >= 0.3 is 0 Å².